The molecule has 0 aromatic heterocycles. The zero-order chi connectivity index (χ0) is 22.2. The molecule has 1 aromatic carbocycles. The Morgan fingerprint density at radius 2 is 1.83 bits per heavy atom. The van der Waals surface area contributed by atoms with Crippen LogP contribution in [0.3, 0.4) is 0 Å². The molecule has 0 radical (unpaired) electrons. The van der Waals surface area contributed by atoms with Crippen molar-refractivity contribution in [2.24, 2.45) is 17.8 Å². The minimum atomic E-state index is -1.21. The van der Waals surface area contributed by atoms with Crippen molar-refractivity contribution in [3.63, 3.8) is 0 Å². The summed E-state index contributed by atoms with van der Waals surface area (Å²) < 4.78 is 5.14. The Labute approximate surface area is 183 Å². The van der Waals surface area contributed by atoms with Crippen LogP contribution in [0.4, 0.5) is 0 Å². The number of benzene rings is 1. The average Bonchev–Trinajstić information content (AvgIpc) is 3.17. The van der Waals surface area contributed by atoms with Crippen LogP contribution in [0.5, 0.6) is 0 Å². The highest BCUT2D eigenvalue weighted by atomic mass is 32.2. The summed E-state index contributed by atoms with van der Waals surface area (Å²) in [6.07, 6.45) is 1.51. The first-order valence-corrected chi connectivity index (χ1v) is 11.5. The molecule has 0 spiro atoms. The van der Waals surface area contributed by atoms with Crippen molar-refractivity contribution in [3.05, 3.63) is 29.8 Å². The largest absolute Gasteiger partial charge is 0.468 e. The predicted molar refractivity (Wildman–Crippen MR) is 117 cm³/mol. The molecule has 1 N–H and O–H groups in total. The van der Waals surface area contributed by atoms with Gasteiger partial charge in [0.05, 0.1) is 18.9 Å². The van der Waals surface area contributed by atoms with Gasteiger partial charge in [0.25, 0.3) is 0 Å². The fourth-order valence-corrected chi connectivity index (χ4v) is 5.71. The fraction of sp³-hybridized carbons (Fsp3) is 0.609. The number of thioether (sulfide) groups is 1. The molecule has 2 amide bonds. The highest BCUT2D eigenvalue weighted by Crippen LogP contribution is 2.51. The lowest BCUT2D eigenvalue weighted by Crippen LogP contribution is -2.56. The monoisotopic (exact) mass is 432 g/mol. The minimum Gasteiger partial charge on any atom is -0.468 e. The smallest absolute Gasteiger partial charge is 0.326 e. The Kier molecular flexibility index (Phi) is 6.63. The van der Waals surface area contributed by atoms with Gasteiger partial charge in [-0.25, -0.2) is 0 Å². The fourth-order valence-electron chi connectivity index (χ4n) is 4.79. The van der Waals surface area contributed by atoms with Crippen molar-refractivity contribution in [2.45, 2.75) is 62.3 Å². The quantitative estimate of drug-likeness (QED) is 0.404. The van der Waals surface area contributed by atoms with E-state index in [-0.39, 0.29) is 17.7 Å². The molecule has 7 heteroatoms. The second-order valence-corrected chi connectivity index (χ2v) is 10.3. The van der Waals surface area contributed by atoms with E-state index in [4.69, 9.17) is 4.74 Å². The van der Waals surface area contributed by atoms with Crippen molar-refractivity contribution in [2.75, 3.05) is 14.2 Å². The normalized spacial score (nSPS) is 29.4. The zero-order valence-electron chi connectivity index (χ0n) is 18.6. The third-order valence-corrected chi connectivity index (χ3v) is 7.59. The van der Waals surface area contributed by atoms with Crippen LogP contribution in [0, 0.1) is 17.8 Å². The lowest BCUT2D eigenvalue weighted by atomic mass is 9.75. The molecule has 2 saturated heterocycles. The van der Waals surface area contributed by atoms with Gasteiger partial charge in [-0.05, 0) is 36.5 Å². The summed E-state index contributed by atoms with van der Waals surface area (Å²) in [5.74, 6) is -2.27. The number of esters is 1. The maximum absolute atomic E-state index is 13.1. The van der Waals surface area contributed by atoms with Crippen LogP contribution in [-0.4, -0.2) is 47.6 Å². The number of hydrogen-bond acceptors (Lipinski definition) is 6. The van der Waals surface area contributed by atoms with Crippen molar-refractivity contribution >= 4 is 29.5 Å². The summed E-state index contributed by atoms with van der Waals surface area (Å²) >= 11 is 1.81. The van der Waals surface area contributed by atoms with Crippen LogP contribution in [0.1, 0.15) is 52.1 Å². The van der Waals surface area contributed by atoms with Crippen LogP contribution >= 0.6 is 11.8 Å². The van der Waals surface area contributed by atoms with E-state index in [0.717, 1.165) is 16.9 Å². The van der Waals surface area contributed by atoms with Crippen molar-refractivity contribution in [1.29, 1.82) is 0 Å². The van der Waals surface area contributed by atoms with Crippen LogP contribution in [0.25, 0.3) is 0 Å². The van der Waals surface area contributed by atoms with Crippen LogP contribution in [-0.2, 0) is 19.1 Å². The van der Waals surface area contributed by atoms with Crippen molar-refractivity contribution in [3.8, 4) is 0 Å². The third-order valence-electron chi connectivity index (χ3n) is 6.31. The van der Waals surface area contributed by atoms with E-state index in [0.29, 0.717) is 11.7 Å². The lowest BCUT2D eigenvalue weighted by molar-refractivity contribution is -0.154. The topological polar surface area (TPSA) is 75.7 Å². The number of nitrogens with zero attached hydrogens (tertiary/aromatic N) is 1. The molecule has 0 bridgehead atoms. The maximum atomic E-state index is 13.1. The number of nitrogens with one attached hydrogen (secondary N) is 1. The van der Waals surface area contributed by atoms with E-state index in [9.17, 15) is 14.4 Å². The van der Waals surface area contributed by atoms with E-state index in [1.165, 1.54) is 19.1 Å². The number of amides is 2. The van der Waals surface area contributed by atoms with Crippen LogP contribution in [0.15, 0.2) is 29.2 Å². The Balaban J connectivity index is 2.02. The predicted octanol–water partition coefficient (Wildman–Crippen LogP) is 3.41. The SMILES string of the molecule is CCC(C)Sc1ccc(C2N[C@@](CC(C)C)(C(=O)OC)C3C(=O)N(C)C(=O)C23)cc1. The van der Waals surface area contributed by atoms with Gasteiger partial charge in [-0.1, -0.05) is 39.8 Å². The molecule has 6 nitrogen and oxygen atoms in total. The number of rotatable bonds is 7. The summed E-state index contributed by atoms with van der Waals surface area (Å²) in [5, 5.41) is 3.93. The number of carbonyl (C=O) groups is 3. The number of fused-ring (bicyclic) bond motifs is 1. The highest BCUT2D eigenvalue weighted by molar-refractivity contribution is 7.99. The second kappa shape index (κ2) is 8.71. The van der Waals surface area contributed by atoms with E-state index in [1.54, 1.807) is 0 Å². The third kappa shape index (κ3) is 3.78. The molecule has 2 aliphatic rings. The number of methoxy groups -OCH3 is 1. The van der Waals surface area contributed by atoms with E-state index < -0.39 is 29.4 Å². The molecule has 2 heterocycles. The Morgan fingerprint density at radius 1 is 1.20 bits per heavy atom. The molecule has 2 fully saturated rings. The molecule has 2 aliphatic heterocycles. The molecule has 0 aliphatic carbocycles. The van der Waals surface area contributed by atoms with Gasteiger partial charge in [0.2, 0.25) is 11.8 Å². The van der Waals surface area contributed by atoms with Gasteiger partial charge in [-0.15, -0.1) is 11.8 Å². The van der Waals surface area contributed by atoms with Gasteiger partial charge in [0, 0.05) is 23.2 Å². The summed E-state index contributed by atoms with van der Waals surface area (Å²) in [6, 6.07) is 7.68. The molecule has 164 valence electrons. The molecule has 1 aromatic rings. The number of carbonyl (C=O) groups excluding carboxylic acids is 3. The lowest BCUT2D eigenvalue weighted by Gasteiger charge is -2.33. The first-order valence-electron chi connectivity index (χ1n) is 10.6. The highest BCUT2D eigenvalue weighted by Gasteiger charge is 2.68. The van der Waals surface area contributed by atoms with Gasteiger partial charge in [-0.3, -0.25) is 24.6 Å². The molecule has 0 saturated carbocycles. The minimum absolute atomic E-state index is 0.138. The number of imide groups is 1. The maximum Gasteiger partial charge on any atom is 0.326 e. The number of ether oxygens (including phenoxy) is 1. The summed E-state index contributed by atoms with van der Waals surface area (Å²) in [7, 11) is 2.84. The van der Waals surface area contributed by atoms with Crippen LogP contribution in [0.2, 0.25) is 0 Å². The molecule has 30 heavy (non-hydrogen) atoms. The molecular formula is C23H32N2O4S. The first kappa shape index (κ1) is 22.8. The summed E-state index contributed by atoms with van der Waals surface area (Å²) in [6.45, 7) is 8.35. The van der Waals surface area contributed by atoms with Gasteiger partial charge < -0.3 is 4.74 Å². The van der Waals surface area contributed by atoms with E-state index in [2.05, 4.69) is 19.2 Å². The average molecular weight is 433 g/mol. The standard InChI is InChI=1S/C23H32N2O4S/c1-7-14(4)30-16-10-8-15(9-11-16)19-17-18(21(27)25(5)20(17)26)23(24-19,12-13(2)3)22(28)29-6/h8-11,13-14,17-19,24H,7,12H2,1-6H3/t14?,17?,18?,19?,23-/m1/s1. The van der Waals surface area contributed by atoms with Gasteiger partial charge in [-0.2, -0.15) is 0 Å². The van der Waals surface area contributed by atoms with E-state index in [1.807, 2.05) is 49.9 Å². The van der Waals surface area contributed by atoms with Gasteiger partial charge >= 0.3 is 5.97 Å². The molecule has 4 unspecified atom stereocenters. The number of hydrogen-bond donors (Lipinski definition) is 1. The van der Waals surface area contributed by atoms with Gasteiger partial charge in [0.15, 0.2) is 0 Å². The molecule has 3 rings (SSSR count). The zero-order valence-corrected chi connectivity index (χ0v) is 19.4. The molecular weight excluding hydrogens is 400 g/mol. The van der Waals surface area contributed by atoms with Crippen LogP contribution < -0.4 is 5.32 Å². The molecule has 5 atom stereocenters. The Bertz CT molecular complexity index is 825. The summed E-state index contributed by atoms with van der Waals surface area (Å²) in [4.78, 5) is 41.4. The Hall–Kier alpha value is -1.86. The van der Waals surface area contributed by atoms with Gasteiger partial charge in [0.1, 0.15) is 5.54 Å². The summed E-state index contributed by atoms with van der Waals surface area (Å²) in [5.41, 5.74) is -0.302. The van der Waals surface area contributed by atoms with E-state index >= 15 is 0 Å². The van der Waals surface area contributed by atoms with Crippen molar-refractivity contribution < 1.29 is 19.1 Å². The number of likely N-dealkylation sites (tertiary alicyclic amines) is 1. The van der Waals surface area contributed by atoms with Crippen molar-refractivity contribution in [1.82, 2.24) is 10.2 Å². The first-order chi connectivity index (χ1) is 14.2. The Morgan fingerprint density at radius 3 is 2.37 bits per heavy atom. The second-order valence-electron chi connectivity index (χ2n) is 8.83.